The Labute approximate surface area is 163 Å². The van der Waals surface area contributed by atoms with Gasteiger partial charge in [-0.2, -0.15) is 0 Å². The molecule has 0 saturated heterocycles. The highest BCUT2D eigenvalue weighted by molar-refractivity contribution is 5.24. The van der Waals surface area contributed by atoms with Crippen LogP contribution in [0.25, 0.3) is 0 Å². The molecule has 27 heavy (non-hydrogen) atoms. The van der Waals surface area contributed by atoms with E-state index >= 15 is 0 Å². The van der Waals surface area contributed by atoms with Gasteiger partial charge in [0.15, 0.2) is 0 Å². The van der Waals surface area contributed by atoms with Crippen molar-refractivity contribution < 1.29 is 0 Å². The maximum absolute atomic E-state index is 5.82. The summed E-state index contributed by atoms with van der Waals surface area (Å²) < 4.78 is 0. The van der Waals surface area contributed by atoms with Gasteiger partial charge in [0.05, 0.1) is 0 Å². The first kappa shape index (κ1) is 19.3. The van der Waals surface area contributed by atoms with Gasteiger partial charge in [0.2, 0.25) is 0 Å². The SMILES string of the molecule is Cc1ccc(CN(CCCc2ccccc2)Cc2cccc(CN)c2)cc1. The Bertz CT molecular complexity index is 809. The van der Waals surface area contributed by atoms with Crippen molar-refractivity contribution in [2.45, 2.75) is 39.4 Å². The number of nitrogens with zero attached hydrogens (tertiary/aromatic N) is 1. The molecule has 3 aromatic carbocycles. The van der Waals surface area contributed by atoms with E-state index in [1.807, 2.05) is 0 Å². The van der Waals surface area contributed by atoms with Crippen LogP contribution in [-0.4, -0.2) is 11.4 Å². The maximum atomic E-state index is 5.82. The first-order valence-electron chi connectivity index (χ1n) is 9.82. The first-order chi connectivity index (χ1) is 13.2. The van der Waals surface area contributed by atoms with Crippen molar-refractivity contribution in [3.63, 3.8) is 0 Å². The standard InChI is InChI=1S/C25H30N2/c1-21-12-14-23(15-13-21)19-27(16-6-11-22-7-3-2-4-8-22)20-25-10-5-9-24(17-25)18-26/h2-5,7-10,12-15,17H,6,11,16,18-20,26H2,1H3. The van der Waals surface area contributed by atoms with Gasteiger partial charge in [-0.3, -0.25) is 4.90 Å². The van der Waals surface area contributed by atoms with Crippen molar-refractivity contribution in [1.29, 1.82) is 0 Å². The van der Waals surface area contributed by atoms with Crippen molar-refractivity contribution in [2.24, 2.45) is 5.73 Å². The summed E-state index contributed by atoms with van der Waals surface area (Å²) in [4.78, 5) is 2.54. The zero-order valence-corrected chi connectivity index (χ0v) is 16.3. The van der Waals surface area contributed by atoms with E-state index in [1.54, 1.807) is 0 Å². The third-order valence-corrected chi connectivity index (χ3v) is 4.94. The minimum atomic E-state index is 0.597. The number of hydrogen-bond donors (Lipinski definition) is 1. The number of rotatable bonds is 9. The molecular formula is C25H30N2. The van der Waals surface area contributed by atoms with Crippen LogP contribution in [-0.2, 0) is 26.1 Å². The molecule has 2 N–H and O–H groups in total. The smallest absolute Gasteiger partial charge is 0.0237 e. The monoisotopic (exact) mass is 358 g/mol. The summed E-state index contributed by atoms with van der Waals surface area (Å²) in [6, 6.07) is 28.3. The summed E-state index contributed by atoms with van der Waals surface area (Å²) in [6.07, 6.45) is 2.28. The molecule has 0 unspecified atom stereocenters. The molecular weight excluding hydrogens is 328 g/mol. The minimum Gasteiger partial charge on any atom is -0.326 e. The lowest BCUT2D eigenvalue weighted by molar-refractivity contribution is 0.253. The molecule has 3 rings (SSSR count). The molecule has 3 aromatic rings. The second-order valence-corrected chi connectivity index (χ2v) is 7.31. The van der Waals surface area contributed by atoms with Gasteiger partial charge in [-0.05, 0) is 48.6 Å². The Balaban J connectivity index is 1.66. The predicted molar refractivity (Wildman–Crippen MR) is 114 cm³/mol. The number of benzene rings is 3. The van der Waals surface area contributed by atoms with Crippen LogP contribution >= 0.6 is 0 Å². The van der Waals surface area contributed by atoms with E-state index in [0.717, 1.165) is 32.5 Å². The lowest BCUT2D eigenvalue weighted by Crippen LogP contribution is -2.24. The molecule has 0 heterocycles. The highest BCUT2D eigenvalue weighted by Gasteiger charge is 2.08. The van der Waals surface area contributed by atoms with Crippen molar-refractivity contribution in [2.75, 3.05) is 6.54 Å². The van der Waals surface area contributed by atoms with E-state index in [9.17, 15) is 0 Å². The van der Waals surface area contributed by atoms with Gasteiger partial charge < -0.3 is 5.73 Å². The summed E-state index contributed by atoms with van der Waals surface area (Å²) in [5, 5.41) is 0. The fourth-order valence-corrected chi connectivity index (χ4v) is 3.43. The molecule has 0 atom stereocenters. The Kier molecular flexibility index (Phi) is 7.20. The second kappa shape index (κ2) is 10.1. The summed E-state index contributed by atoms with van der Waals surface area (Å²) in [6.45, 7) is 5.74. The van der Waals surface area contributed by atoms with Gasteiger partial charge in [0.25, 0.3) is 0 Å². The van der Waals surface area contributed by atoms with Gasteiger partial charge in [0.1, 0.15) is 0 Å². The topological polar surface area (TPSA) is 29.3 Å². The molecule has 0 aliphatic carbocycles. The molecule has 0 amide bonds. The minimum absolute atomic E-state index is 0.597. The fourth-order valence-electron chi connectivity index (χ4n) is 3.43. The Hall–Kier alpha value is -2.42. The van der Waals surface area contributed by atoms with Gasteiger partial charge in [0, 0.05) is 19.6 Å². The quantitative estimate of drug-likeness (QED) is 0.577. The molecule has 2 heteroatoms. The molecule has 0 radical (unpaired) electrons. The van der Waals surface area contributed by atoms with E-state index in [-0.39, 0.29) is 0 Å². The molecule has 0 spiro atoms. The lowest BCUT2D eigenvalue weighted by atomic mass is 10.1. The molecule has 0 saturated carbocycles. The van der Waals surface area contributed by atoms with Crippen LogP contribution in [0.15, 0.2) is 78.9 Å². The first-order valence-corrected chi connectivity index (χ1v) is 9.82. The molecule has 0 aliphatic rings. The number of hydrogen-bond acceptors (Lipinski definition) is 2. The summed E-state index contributed by atoms with van der Waals surface area (Å²) in [5.41, 5.74) is 12.5. The van der Waals surface area contributed by atoms with Gasteiger partial charge in [-0.25, -0.2) is 0 Å². The average molecular weight is 359 g/mol. The average Bonchev–Trinajstić information content (AvgIpc) is 2.70. The Morgan fingerprint density at radius 1 is 0.704 bits per heavy atom. The highest BCUT2D eigenvalue weighted by Crippen LogP contribution is 2.14. The van der Waals surface area contributed by atoms with Crippen LogP contribution < -0.4 is 5.73 Å². The third-order valence-electron chi connectivity index (χ3n) is 4.94. The van der Waals surface area contributed by atoms with Crippen LogP contribution in [0.5, 0.6) is 0 Å². The van der Waals surface area contributed by atoms with Crippen LogP contribution in [0.1, 0.15) is 34.2 Å². The molecule has 0 aliphatic heterocycles. The normalized spacial score (nSPS) is 11.1. The van der Waals surface area contributed by atoms with E-state index < -0.39 is 0 Å². The van der Waals surface area contributed by atoms with Crippen molar-refractivity contribution in [3.8, 4) is 0 Å². The second-order valence-electron chi connectivity index (χ2n) is 7.31. The third kappa shape index (κ3) is 6.35. The zero-order chi connectivity index (χ0) is 18.9. The Morgan fingerprint density at radius 3 is 2.11 bits per heavy atom. The van der Waals surface area contributed by atoms with Crippen molar-refractivity contribution >= 4 is 0 Å². The van der Waals surface area contributed by atoms with E-state index in [2.05, 4.69) is 90.7 Å². The number of aryl methyl sites for hydroxylation is 2. The van der Waals surface area contributed by atoms with Gasteiger partial charge in [-0.1, -0.05) is 84.4 Å². The molecule has 0 bridgehead atoms. The largest absolute Gasteiger partial charge is 0.326 e. The van der Waals surface area contributed by atoms with Crippen molar-refractivity contribution in [1.82, 2.24) is 4.90 Å². The van der Waals surface area contributed by atoms with E-state index in [4.69, 9.17) is 5.73 Å². The van der Waals surface area contributed by atoms with Crippen molar-refractivity contribution in [3.05, 3.63) is 107 Å². The molecule has 2 nitrogen and oxygen atoms in total. The zero-order valence-electron chi connectivity index (χ0n) is 16.3. The summed E-state index contributed by atoms with van der Waals surface area (Å²) in [7, 11) is 0. The predicted octanol–water partition coefficient (Wildman–Crippen LogP) is 5.09. The van der Waals surface area contributed by atoms with Crippen LogP contribution in [0.4, 0.5) is 0 Å². The molecule has 140 valence electrons. The van der Waals surface area contributed by atoms with Crippen LogP contribution in [0, 0.1) is 6.92 Å². The van der Waals surface area contributed by atoms with E-state index in [1.165, 1.54) is 27.8 Å². The highest BCUT2D eigenvalue weighted by atomic mass is 15.1. The number of nitrogens with two attached hydrogens (primary N) is 1. The van der Waals surface area contributed by atoms with Crippen LogP contribution in [0.2, 0.25) is 0 Å². The summed E-state index contributed by atoms with van der Waals surface area (Å²) >= 11 is 0. The lowest BCUT2D eigenvalue weighted by Gasteiger charge is -2.23. The van der Waals surface area contributed by atoms with Gasteiger partial charge >= 0.3 is 0 Å². The van der Waals surface area contributed by atoms with E-state index in [0.29, 0.717) is 6.54 Å². The summed E-state index contributed by atoms with van der Waals surface area (Å²) in [5.74, 6) is 0. The Morgan fingerprint density at radius 2 is 1.37 bits per heavy atom. The molecule has 0 fully saturated rings. The van der Waals surface area contributed by atoms with Crippen LogP contribution in [0.3, 0.4) is 0 Å². The fraction of sp³-hybridized carbons (Fsp3) is 0.280. The van der Waals surface area contributed by atoms with Gasteiger partial charge in [-0.15, -0.1) is 0 Å². The molecule has 0 aromatic heterocycles. The maximum Gasteiger partial charge on any atom is 0.0237 e.